The minimum Gasteiger partial charge on any atom is -0.469 e. The average molecular weight is 197 g/mol. The molecule has 0 amide bonds. The van der Waals surface area contributed by atoms with E-state index in [1.165, 1.54) is 13.2 Å². The number of hydrogen-bond donors (Lipinski definition) is 1. The fraction of sp³-hybridized carbons (Fsp3) is 0.300. The molecule has 2 N–H and O–H groups in total. The number of hydrogen-bond acceptors (Lipinski definition) is 3. The Morgan fingerprint density at radius 3 is 2.79 bits per heavy atom. The van der Waals surface area contributed by atoms with E-state index in [2.05, 4.69) is 4.74 Å². The first-order chi connectivity index (χ1) is 6.56. The van der Waals surface area contributed by atoms with E-state index < -0.39 is 11.8 Å². The second-order valence-corrected chi connectivity index (χ2v) is 3.02. The molecular weight excluding hydrogens is 185 g/mol. The van der Waals surface area contributed by atoms with Gasteiger partial charge in [-0.3, -0.25) is 4.79 Å². The molecule has 0 fully saturated rings. The maximum absolute atomic E-state index is 13.4. The smallest absolute Gasteiger partial charge is 0.310 e. The van der Waals surface area contributed by atoms with Crippen LogP contribution in [-0.2, 0) is 16.0 Å². The summed E-state index contributed by atoms with van der Waals surface area (Å²) in [5.74, 6) is -1.01. The number of esters is 1. The molecule has 0 atom stereocenters. The molecule has 1 aromatic rings. The van der Waals surface area contributed by atoms with Crippen LogP contribution in [0.5, 0.6) is 0 Å². The minimum absolute atomic E-state index is 0.0893. The number of aryl methyl sites for hydroxylation is 1. The number of nitrogen functional groups attached to an aromatic ring is 1. The third-order valence-electron chi connectivity index (χ3n) is 2.04. The second kappa shape index (κ2) is 4.09. The molecule has 0 aromatic heterocycles. The SMILES string of the molecule is COC(=O)Cc1ccc(C)c(N)c1F. The fourth-order valence-electron chi connectivity index (χ4n) is 1.10. The van der Waals surface area contributed by atoms with Gasteiger partial charge in [0.25, 0.3) is 0 Å². The van der Waals surface area contributed by atoms with Gasteiger partial charge in [0.1, 0.15) is 5.82 Å². The van der Waals surface area contributed by atoms with Crippen molar-refractivity contribution in [3.05, 3.63) is 29.1 Å². The lowest BCUT2D eigenvalue weighted by Gasteiger charge is -2.06. The van der Waals surface area contributed by atoms with Crippen molar-refractivity contribution < 1.29 is 13.9 Å². The largest absolute Gasteiger partial charge is 0.469 e. The molecule has 76 valence electrons. The molecule has 1 aromatic carbocycles. The zero-order chi connectivity index (χ0) is 10.7. The molecule has 1 rings (SSSR count). The molecule has 0 aliphatic heterocycles. The Morgan fingerprint density at radius 2 is 2.21 bits per heavy atom. The Balaban J connectivity index is 3.00. The van der Waals surface area contributed by atoms with Gasteiger partial charge >= 0.3 is 5.97 Å². The monoisotopic (exact) mass is 197 g/mol. The van der Waals surface area contributed by atoms with Crippen LogP contribution in [0.2, 0.25) is 0 Å². The lowest BCUT2D eigenvalue weighted by Crippen LogP contribution is -2.08. The van der Waals surface area contributed by atoms with Crippen molar-refractivity contribution >= 4 is 11.7 Å². The highest BCUT2D eigenvalue weighted by Gasteiger charge is 2.11. The van der Waals surface area contributed by atoms with Crippen molar-refractivity contribution in [1.82, 2.24) is 0 Å². The summed E-state index contributed by atoms with van der Waals surface area (Å²) in [6, 6.07) is 3.22. The van der Waals surface area contributed by atoms with Crippen molar-refractivity contribution in [1.29, 1.82) is 0 Å². The van der Waals surface area contributed by atoms with Gasteiger partial charge in [-0.25, -0.2) is 4.39 Å². The summed E-state index contributed by atoms with van der Waals surface area (Å²) in [7, 11) is 1.26. The number of nitrogens with two attached hydrogens (primary N) is 1. The Labute approximate surface area is 81.7 Å². The average Bonchev–Trinajstić information content (AvgIpc) is 2.19. The summed E-state index contributed by atoms with van der Waals surface area (Å²) < 4.78 is 17.9. The van der Waals surface area contributed by atoms with E-state index in [9.17, 15) is 9.18 Å². The normalized spacial score (nSPS) is 9.93. The van der Waals surface area contributed by atoms with Gasteiger partial charge in [-0.2, -0.15) is 0 Å². The zero-order valence-electron chi connectivity index (χ0n) is 8.13. The van der Waals surface area contributed by atoms with Crippen LogP contribution >= 0.6 is 0 Å². The van der Waals surface area contributed by atoms with Crippen LogP contribution in [0.3, 0.4) is 0 Å². The van der Waals surface area contributed by atoms with Crippen LogP contribution in [-0.4, -0.2) is 13.1 Å². The molecule has 0 saturated heterocycles. The Morgan fingerprint density at radius 1 is 1.57 bits per heavy atom. The summed E-state index contributed by atoms with van der Waals surface area (Å²) in [6.45, 7) is 1.71. The highest BCUT2D eigenvalue weighted by molar-refractivity contribution is 5.73. The van der Waals surface area contributed by atoms with E-state index >= 15 is 0 Å². The molecule has 0 saturated carbocycles. The molecule has 3 nitrogen and oxygen atoms in total. The highest BCUT2D eigenvalue weighted by Crippen LogP contribution is 2.19. The first kappa shape index (κ1) is 10.5. The zero-order valence-corrected chi connectivity index (χ0v) is 8.13. The Bertz CT molecular complexity index is 363. The highest BCUT2D eigenvalue weighted by atomic mass is 19.1. The predicted octanol–water partition coefficient (Wildman–Crippen LogP) is 1.43. The van der Waals surface area contributed by atoms with Crippen LogP contribution in [0, 0.1) is 12.7 Å². The molecule has 0 bridgehead atoms. The van der Waals surface area contributed by atoms with Crippen molar-refractivity contribution in [3.8, 4) is 0 Å². The van der Waals surface area contributed by atoms with Gasteiger partial charge in [0.15, 0.2) is 0 Å². The van der Waals surface area contributed by atoms with Crippen molar-refractivity contribution in [2.24, 2.45) is 0 Å². The number of anilines is 1. The van der Waals surface area contributed by atoms with Crippen LogP contribution in [0.15, 0.2) is 12.1 Å². The molecule has 0 aliphatic rings. The minimum atomic E-state index is -0.532. The predicted molar refractivity (Wildman–Crippen MR) is 51.3 cm³/mol. The number of methoxy groups -OCH3 is 1. The Hall–Kier alpha value is -1.58. The molecule has 0 heterocycles. The van der Waals surface area contributed by atoms with E-state index in [0.717, 1.165) is 0 Å². The summed E-state index contributed by atoms with van der Waals surface area (Å²) in [5.41, 5.74) is 6.49. The van der Waals surface area contributed by atoms with Gasteiger partial charge in [-0.05, 0) is 12.5 Å². The lowest BCUT2D eigenvalue weighted by molar-refractivity contribution is -0.139. The van der Waals surface area contributed by atoms with Gasteiger partial charge in [0.2, 0.25) is 0 Å². The third-order valence-corrected chi connectivity index (χ3v) is 2.04. The van der Waals surface area contributed by atoms with Crippen LogP contribution < -0.4 is 5.73 Å². The van der Waals surface area contributed by atoms with Crippen molar-refractivity contribution in [2.45, 2.75) is 13.3 Å². The summed E-state index contributed by atoms with van der Waals surface area (Å²) in [4.78, 5) is 10.9. The van der Waals surface area contributed by atoms with E-state index in [1.54, 1.807) is 13.0 Å². The third kappa shape index (κ3) is 2.02. The first-order valence-electron chi connectivity index (χ1n) is 4.16. The van der Waals surface area contributed by atoms with Gasteiger partial charge in [0.05, 0.1) is 19.2 Å². The molecule has 0 spiro atoms. The first-order valence-corrected chi connectivity index (χ1v) is 4.16. The maximum atomic E-state index is 13.4. The molecule has 14 heavy (non-hydrogen) atoms. The number of carbonyl (C=O) groups is 1. The number of benzene rings is 1. The van der Waals surface area contributed by atoms with E-state index in [-0.39, 0.29) is 17.7 Å². The molecule has 4 heteroatoms. The summed E-state index contributed by atoms with van der Waals surface area (Å²) >= 11 is 0. The van der Waals surface area contributed by atoms with Gasteiger partial charge in [0, 0.05) is 5.56 Å². The number of rotatable bonds is 2. The molecule has 0 unspecified atom stereocenters. The van der Waals surface area contributed by atoms with Gasteiger partial charge in [-0.1, -0.05) is 12.1 Å². The quantitative estimate of drug-likeness (QED) is 0.576. The number of ether oxygens (including phenoxy) is 1. The van der Waals surface area contributed by atoms with Gasteiger partial charge < -0.3 is 10.5 Å². The maximum Gasteiger partial charge on any atom is 0.310 e. The van der Waals surface area contributed by atoms with Crippen molar-refractivity contribution in [3.63, 3.8) is 0 Å². The number of halogens is 1. The fourth-order valence-corrected chi connectivity index (χ4v) is 1.10. The standard InChI is InChI=1S/C10H12FNO2/c1-6-3-4-7(5-8(13)14-2)9(11)10(6)12/h3-4H,5,12H2,1-2H3. The van der Waals surface area contributed by atoms with Crippen LogP contribution in [0.4, 0.5) is 10.1 Å². The lowest BCUT2D eigenvalue weighted by atomic mass is 10.1. The van der Waals surface area contributed by atoms with Crippen LogP contribution in [0.25, 0.3) is 0 Å². The second-order valence-electron chi connectivity index (χ2n) is 3.02. The van der Waals surface area contributed by atoms with Gasteiger partial charge in [-0.15, -0.1) is 0 Å². The van der Waals surface area contributed by atoms with E-state index in [1.807, 2.05) is 0 Å². The Kier molecular flexibility index (Phi) is 3.06. The van der Waals surface area contributed by atoms with E-state index in [4.69, 9.17) is 5.73 Å². The van der Waals surface area contributed by atoms with E-state index in [0.29, 0.717) is 5.56 Å². The molecule has 0 radical (unpaired) electrons. The molecule has 0 aliphatic carbocycles. The summed E-state index contributed by atoms with van der Waals surface area (Å²) in [5, 5.41) is 0. The van der Waals surface area contributed by atoms with Crippen molar-refractivity contribution in [2.75, 3.05) is 12.8 Å². The van der Waals surface area contributed by atoms with Crippen LogP contribution in [0.1, 0.15) is 11.1 Å². The molecular formula is C10H12FNO2. The summed E-state index contributed by atoms with van der Waals surface area (Å²) in [6.07, 6.45) is -0.0905. The number of carbonyl (C=O) groups excluding carboxylic acids is 1. The topological polar surface area (TPSA) is 52.3 Å².